The molecule has 0 saturated carbocycles. The molecule has 1 saturated heterocycles. The van der Waals surface area contributed by atoms with Gasteiger partial charge in [0.15, 0.2) is 0 Å². The normalized spacial score (nSPS) is 18.6. The van der Waals surface area contributed by atoms with Crippen molar-refractivity contribution in [1.82, 2.24) is 4.90 Å². The molecule has 2 unspecified atom stereocenters. The molecule has 156 valence electrons. The van der Waals surface area contributed by atoms with Crippen LogP contribution in [0.1, 0.15) is 42.5 Å². The van der Waals surface area contributed by atoms with Crippen molar-refractivity contribution in [3.8, 4) is 5.75 Å². The number of hydrogen-bond acceptors (Lipinski definition) is 3. The molecular formula is C21H21ClF3NO3. The predicted molar refractivity (Wildman–Crippen MR) is 103 cm³/mol. The van der Waals surface area contributed by atoms with Gasteiger partial charge in [0.05, 0.1) is 18.2 Å². The molecule has 0 aromatic heterocycles. The van der Waals surface area contributed by atoms with Gasteiger partial charge in [-0.2, -0.15) is 13.2 Å². The summed E-state index contributed by atoms with van der Waals surface area (Å²) in [5.41, 5.74) is -0.399. The van der Waals surface area contributed by atoms with E-state index in [0.717, 1.165) is 6.07 Å². The van der Waals surface area contributed by atoms with Crippen LogP contribution in [0.5, 0.6) is 5.75 Å². The van der Waals surface area contributed by atoms with Gasteiger partial charge in [-0.05, 0) is 49.6 Å². The summed E-state index contributed by atoms with van der Waals surface area (Å²) in [5, 5.41) is 10.00. The number of likely N-dealkylation sites (tertiary alicyclic amines) is 1. The monoisotopic (exact) mass is 427 g/mol. The zero-order valence-corrected chi connectivity index (χ0v) is 16.5. The minimum Gasteiger partial charge on any atom is -0.494 e. The van der Waals surface area contributed by atoms with Crippen molar-refractivity contribution >= 4 is 17.6 Å². The van der Waals surface area contributed by atoms with E-state index >= 15 is 0 Å². The van der Waals surface area contributed by atoms with E-state index in [1.165, 1.54) is 18.2 Å². The second-order valence-electron chi connectivity index (χ2n) is 6.84. The molecule has 2 aromatic rings. The standard InChI is InChI=1S/C21H21ClF3NO3/c1-2-29-18-10-9-13(22)12-15(18)19(26-11-5-8-17(26)20(27)28)14-6-3-4-7-16(14)21(23,24)25/h3-4,6-7,9-10,12,17,19H,2,5,8,11H2,1H3,(H,27,28). The van der Waals surface area contributed by atoms with Gasteiger partial charge in [0.2, 0.25) is 0 Å². The second-order valence-corrected chi connectivity index (χ2v) is 7.27. The average Bonchev–Trinajstić information content (AvgIpc) is 3.13. The maximum atomic E-state index is 13.8. The highest BCUT2D eigenvalue weighted by Gasteiger charge is 2.42. The van der Waals surface area contributed by atoms with Crippen molar-refractivity contribution in [2.75, 3.05) is 13.2 Å². The maximum absolute atomic E-state index is 13.8. The van der Waals surface area contributed by atoms with Gasteiger partial charge in [-0.3, -0.25) is 9.69 Å². The fourth-order valence-electron chi connectivity index (χ4n) is 3.90. The van der Waals surface area contributed by atoms with E-state index in [0.29, 0.717) is 42.3 Å². The third kappa shape index (κ3) is 4.51. The molecule has 0 bridgehead atoms. The quantitative estimate of drug-likeness (QED) is 0.671. The molecule has 1 heterocycles. The minimum absolute atomic E-state index is 0.0173. The fraction of sp³-hybridized carbons (Fsp3) is 0.381. The molecular weight excluding hydrogens is 407 g/mol. The van der Waals surface area contributed by atoms with Crippen LogP contribution in [0.2, 0.25) is 5.02 Å². The summed E-state index contributed by atoms with van der Waals surface area (Å²) in [4.78, 5) is 13.4. The number of nitrogens with zero attached hydrogens (tertiary/aromatic N) is 1. The Morgan fingerprint density at radius 3 is 2.66 bits per heavy atom. The molecule has 29 heavy (non-hydrogen) atoms. The Labute approximate surface area is 171 Å². The van der Waals surface area contributed by atoms with Crippen LogP contribution in [-0.4, -0.2) is 35.2 Å². The Balaban J connectivity index is 2.26. The Morgan fingerprint density at radius 1 is 1.28 bits per heavy atom. The van der Waals surface area contributed by atoms with Crippen molar-refractivity contribution in [3.05, 3.63) is 64.2 Å². The molecule has 0 radical (unpaired) electrons. The number of carboxylic acids is 1. The van der Waals surface area contributed by atoms with Crippen LogP contribution in [0.4, 0.5) is 13.2 Å². The smallest absolute Gasteiger partial charge is 0.416 e. The summed E-state index contributed by atoms with van der Waals surface area (Å²) in [5.74, 6) is -0.674. The average molecular weight is 428 g/mol. The summed E-state index contributed by atoms with van der Waals surface area (Å²) in [6.07, 6.45) is -3.64. The van der Waals surface area contributed by atoms with Crippen LogP contribution >= 0.6 is 11.6 Å². The van der Waals surface area contributed by atoms with E-state index in [9.17, 15) is 23.1 Å². The number of ether oxygens (including phenoxy) is 1. The van der Waals surface area contributed by atoms with Crippen molar-refractivity contribution in [2.24, 2.45) is 0 Å². The molecule has 0 amide bonds. The SMILES string of the molecule is CCOc1ccc(Cl)cc1C(c1ccccc1C(F)(F)F)N1CCCC1C(=O)O. The summed E-state index contributed by atoms with van der Waals surface area (Å²) >= 11 is 6.17. The molecule has 8 heteroatoms. The number of carboxylic acid groups (broad SMARTS) is 1. The number of hydrogen-bond donors (Lipinski definition) is 1. The molecule has 4 nitrogen and oxygen atoms in total. The second kappa shape index (κ2) is 8.63. The van der Waals surface area contributed by atoms with Gasteiger partial charge in [0, 0.05) is 17.1 Å². The number of alkyl halides is 3. The van der Waals surface area contributed by atoms with Crippen molar-refractivity contribution in [2.45, 2.75) is 38.0 Å². The number of halogens is 4. The topological polar surface area (TPSA) is 49.8 Å². The van der Waals surface area contributed by atoms with Crippen molar-refractivity contribution in [3.63, 3.8) is 0 Å². The molecule has 0 aliphatic carbocycles. The summed E-state index contributed by atoms with van der Waals surface area (Å²) in [6, 6.07) is 8.16. The van der Waals surface area contributed by atoms with E-state index < -0.39 is 29.8 Å². The maximum Gasteiger partial charge on any atom is 0.416 e. The molecule has 1 N–H and O–H groups in total. The highest BCUT2D eigenvalue weighted by atomic mass is 35.5. The molecule has 1 aliphatic rings. The van der Waals surface area contributed by atoms with Crippen LogP contribution in [0.25, 0.3) is 0 Å². The number of rotatable bonds is 6. The third-order valence-corrected chi connectivity index (χ3v) is 5.27. The molecule has 3 rings (SSSR count). The van der Waals surface area contributed by atoms with Gasteiger partial charge >= 0.3 is 12.1 Å². The van der Waals surface area contributed by atoms with Gasteiger partial charge in [-0.1, -0.05) is 29.8 Å². The van der Waals surface area contributed by atoms with E-state index in [4.69, 9.17) is 16.3 Å². The summed E-state index contributed by atoms with van der Waals surface area (Å²) in [7, 11) is 0. The number of carbonyl (C=O) groups is 1. The lowest BCUT2D eigenvalue weighted by atomic mass is 9.91. The van der Waals surface area contributed by atoms with Gasteiger partial charge < -0.3 is 9.84 Å². The first-order valence-corrected chi connectivity index (χ1v) is 9.68. The first kappa shape index (κ1) is 21.5. The molecule has 0 spiro atoms. The molecule has 1 fully saturated rings. The van der Waals surface area contributed by atoms with Gasteiger partial charge in [0.25, 0.3) is 0 Å². The van der Waals surface area contributed by atoms with Crippen LogP contribution in [-0.2, 0) is 11.0 Å². The van der Waals surface area contributed by atoms with E-state index in [-0.39, 0.29) is 5.56 Å². The van der Waals surface area contributed by atoms with Gasteiger partial charge in [-0.25, -0.2) is 0 Å². The third-order valence-electron chi connectivity index (χ3n) is 5.04. The predicted octanol–water partition coefficient (Wildman–Crippen LogP) is 5.40. The van der Waals surface area contributed by atoms with Gasteiger partial charge in [-0.15, -0.1) is 0 Å². The first-order chi connectivity index (χ1) is 13.7. The lowest BCUT2D eigenvalue weighted by molar-refractivity contribution is -0.143. The Kier molecular flexibility index (Phi) is 6.39. The van der Waals surface area contributed by atoms with Crippen LogP contribution < -0.4 is 4.74 Å². The lowest BCUT2D eigenvalue weighted by Crippen LogP contribution is -2.40. The molecule has 2 atom stereocenters. The zero-order valence-electron chi connectivity index (χ0n) is 15.7. The lowest BCUT2D eigenvalue weighted by Gasteiger charge is -2.34. The van der Waals surface area contributed by atoms with E-state index in [1.54, 1.807) is 30.0 Å². The summed E-state index contributed by atoms with van der Waals surface area (Å²) in [6.45, 7) is 2.43. The number of aliphatic carboxylic acids is 1. The van der Waals surface area contributed by atoms with Gasteiger partial charge in [0.1, 0.15) is 11.8 Å². The van der Waals surface area contributed by atoms with E-state index in [2.05, 4.69) is 0 Å². The largest absolute Gasteiger partial charge is 0.494 e. The van der Waals surface area contributed by atoms with Crippen LogP contribution in [0.15, 0.2) is 42.5 Å². The summed E-state index contributed by atoms with van der Waals surface area (Å²) < 4.78 is 47.1. The van der Waals surface area contributed by atoms with E-state index in [1.807, 2.05) is 0 Å². The van der Waals surface area contributed by atoms with Crippen molar-refractivity contribution < 1.29 is 27.8 Å². The Hall–Kier alpha value is -2.25. The molecule has 1 aliphatic heterocycles. The fourth-order valence-corrected chi connectivity index (χ4v) is 4.08. The molecule has 2 aromatic carbocycles. The Morgan fingerprint density at radius 2 is 2.00 bits per heavy atom. The number of benzene rings is 2. The highest BCUT2D eigenvalue weighted by molar-refractivity contribution is 6.30. The van der Waals surface area contributed by atoms with Crippen LogP contribution in [0.3, 0.4) is 0 Å². The first-order valence-electron chi connectivity index (χ1n) is 9.31. The van der Waals surface area contributed by atoms with Crippen LogP contribution in [0, 0.1) is 0 Å². The Bertz CT molecular complexity index is 888. The van der Waals surface area contributed by atoms with Crippen molar-refractivity contribution in [1.29, 1.82) is 0 Å². The zero-order chi connectivity index (χ0) is 21.2. The highest BCUT2D eigenvalue weighted by Crippen LogP contribution is 2.44. The minimum atomic E-state index is -4.59.